The van der Waals surface area contributed by atoms with Gasteiger partial charge < -0.3 is 9.80 Å². The van der Waals surface area contributed by atoms with Crippen molar-refractivity contribution in [1.29, 1.82) is 0 Å². The van der Waals surface area contributed by atoms with Gasteiger partial charge in [0.05, 0.1) is 0 Å². The van der Waals surface area contributed by atoms with Crippen molar-refractivity contribution in [3.05, 3.63) is 43.8 Å². The molecule has 0 bridgehead atoms. The Kier molecular flexibility index (Phi) is 5.38. The molecule has 5 nitrogen and oxygen atoms in total. The summed E-state index contributed by atoms with van der Waals surface area (Å²) in [6.07, 6.45) is 1.56. The number of carbonyl (C=O) groups excluding carboxylic acids is 2. The molecule has 0 N–H and O–H groups in total. The lowest BCUT2D eigenvalue weighted by Crippen LogP contribution is -2.47. The Bertz CT molecular complexity index is 980. The van der Waals surface area contributed by atoms with Crippen molar-refractivity contribution in [2.24, 2.45) is 0 Å². The van der Waals surface area contributed by atoms with E-state index in [2.05, 4.69) is 4.98 Å². The summed E-state index contributed by atoms with van der Waals surface area (Å²) < 4.78 is 0.405. The number of hydrogen-bond donors (Lipinski definition) is 0. The van der Waals surface area contributed by atoms with Crippen LogP contribution in [0.4, 0.5) is 5.69 Å². The zero-order chi connectivity index (χ0) is 20.9. The largest absolute Gasteiger partial charge is 0.337 e. The topological polar surface area (TPSA) is 53.5 Å². The number of amides is 2. The van der Waals surface area contributed by atoms with Crippen LogP contribution in [0.2, 0.25) is 9.49 Å². The highest BCUT2D eigenvalue weighted by Crippen LogP contribution is 2.48. The molecule has 2 aromatic rings. The molecule has 3 heterocycles. The summed E-state index contributed by atoms with van der Waals surface area (Å²) in [5.41, 5.74) is 2.37. The van der Waals surface area contributed by atoms with Crippen LogP contribution in [-0.4, -0.2) is 41.3 Å². The fraction of sp³-hybridized carbons (Fsp3) is 0.476. The van der Waals surface area contributed by atoms with Crippen LogP contribution < -0.4 is 4.90 Å². The molecular weight excluding hydrogens is 429 g/mol. The van der Waals surface area contributed by atoms with Crippen LogP contribution in [0.3, 0.4) is 0 Å². The van der Waals surface area contributed by atoms with E-state index in [1.54, 1.807) is 6.92 Å². The lowest BCUT2D eigenvalue weighted by atomic mass is 9.74. The first-order valence-electron chi connectivity index (χ1n) is 9.75. The highest BCUT2D eigenvalue weighted by atomic mass is 35.5. The molecule has 1 aromatic carbocycles. The van der Waals surface area contributed by atoms with Crippen molar-refractivity contribution in [3.63, 3.8) is 0 Å². The number of hydrogen-bond acceptors (Lipinski definition) is 4. The standard InChI is InChI=1S/C21H23Cl2N3O2S/c1-12(2)18-17(24-20(23)29-18)19(28)25-8-6-21(7-9-25)11-26(13(3)27)16-5-4-14(22)10-15(16)21/h4-5,10,12H,6-9,11H2,1-3H3. The summed E-state index contributed by atoms with van der Waals surface area (Å²) in [6, 6.07) is 5.74. The lowest BCUT2D eigenvalue weighted by Gasteiger charge is -2.39. The molecule has 154 valence electrons. The zero-order valence-electron chi connectivity index (χ0n) is 16.7. The minimum Gasteiger partial charge on any atom is -0.337 e. The predicted octanol–water partition coefficient (Wildman–Crippen LogP) is 5.11. The molecule has 1 aromatic heterocycles. The fourth-order valence-electron chi connectivity index (χ4n) is 4.49. The average molecular weight is 452 g/mol. The van der Waals surface area contributed by atoms with E-state index in [-0.39, 0.29) is 23.1 Å². The summed E-state index contributed by atoms with van der Waals surface area (Å²) in [4.78, 5) is 34.3. The third-order valence-electron chi connectivity index (χ3n) is 6.02. The van der Waals surface area contributed by atoms with Crippen LogP contribution in [0.1, 0.15) is 60.5 Å². The van der Waals surface area contributed by atoms with Gasteiger partial charge in [-0.1, -0.05) is 37.0 Å². The van der Waals surface area contributed by atoms with Gasteiger partial charge in [0.25, 0.3) is 5.91 Å². The Morgan fingerprint density at radius 2 is 1.90 bits per heavy atom. The summed E-state index contributed by atoms with van der Waals surface area (Å²) >= 11 is 13.7. The van der Waals surface area contributed by atoms with E-state index in [1.807, 2.05) is 41.8 Å². The van der Waals surface area contributed by atoms with Gasteiger partial charge in [-0.3, -0.25) is 9.59 Å². The Hall–Kier alpha value is -1.63. The van der Waals surface area contributed by atoms with Gasteiger partial charge in [-0.25, -0.2) is 4.98 Å². The monoisotopic (exact) mass is 451 g/mol. The second-order valence-corrected chi connectivity index (χ2v) is 10.2. The molecule has 1 fully saturated rings. The van der Waals surface area contributed by atoms with Crippen LogP contribution in [0, 0.1) is 0 Å². The van der Waals surface area contributed by atoms with Gasteiger partial charge >= 0.3 is 0 Å². The molecule has 2 amide bonds. The number of rotatable bonds is 2. The molecule has 2 aliphatic rings. The van der Waals surface area contributed by atoms with Crippen LogP contribution in [-0.2, 0) is 10.2 Å². The highest BCUT2D eigenvalue weighted by molar-refractivity contribution is 7.16. The molecule has 0 saturated carbocycles. The maximum absolute atomic E-state index is 13.1. The second kappa shape index (κ2) is 7.56. The van der Waals surface area contributed by atoms with E-state index in [1.165, 1.54) is 11.3 Å². The van der Waals surface area contributed by atoms with Crippen LogP contribution in [0.15, 0.2) is 18.2 Å². The molecule has 29 heavy (non-hydrogen) atoms. The van der Waals surface area contributed by atoms with Crippen LogP contribution in [0.25, 0.3) is 0 Å². The van der Waals surface area contributed by atoms with Gasteiger partial charge in [-0.2, -0.15) is 0 Å². The highest BCUT2D eigenvalue weighted by Gasteiger charge is 2.46. The van der Waals surface area contributed by atoms with Gasteiger partial charge in [-0.05, 0) is 42.5 Å². The molecule has 2 aliphatic heterocycles. The Balaban J connectivity index is 1.58. The van der Waals surface area contributed by atoms with Crippen molar-refractivity contribution in [2.75, 3.05) is 24.5 Å². The fourth-order valence-corrected chi connectivity index (χ4v) is 5.78. The van der Waals surface area contributed by atoms with E-state index in [9.17, 15) is 9.59 Å². The minimum atomic E-state index is -0.163. The number of aromatic nitrogens is 1. The van der Waals surface area contributed by atoms with Crippen molar-refractivity contribution in [1.82, 2.24) is 9.88 Å². The third kappa shape index (κ3) is 3.56. The van der Waals surface area contributed by atoms with E-state index < -0.39 is 0 Å². The van der Waals surface area contributed by atoms with Gasteiger partial charge in [0.15, 0.2) is 4.47 Å². The van der Waals surface area contributed by atoms with Crippen LogP contribution in [0.5, 0.6) is 0 Å². The molecule has 1 saturated heterocycles. The number of benzene rings is 1. The predicted molar refractivity (Wildman–Crippen MR) is 118 cm³/mol. The maximum atomic E-state index is 13.1. The molecule has 1 spiro atoms. The first-order chi connectivity index (χ1) is 13.7. The summed E-state index contributed by atoms with van der Waals surface area (Å²) in [7, 11) is 0. The van der Waals surface area contributed by atoms with Crippen molar-refractivity contribution < 1.29 is 9.59 Å². The van der Waals surface area contributed by atoms with Gasteiger partial charge in [0.1, 0.15) is 5.69 Å². The van der Waals surface area contributed by atoms with Gasteiger partial charge in [0.2, 0.25) is 5.91 Å². The molecular formula is C21H23Cl2N3O2S. The molecule has 0 radical (unpaired) electrons. The summed E-state index contributed by atoms with van der Waals surface area (Å²) in [6.45, 7) is 7.55. The molecule has 0 aliphatic carbocycles. The van der Waals surface area contributed by atoms with Crippen molar-refractivity contribution >= 4 is 52.0 Å². The van der Waals surface area contributed by atoms with E-state index in [4.69, 9.17) is 23.2 Å². The normalized spacial score (nSPS) is 17.9. The minimum absolute atomic E-state index is 0.0302. The van der Waals surface area contributed by atoms with Gasteiger partial charge in [-0.15, -0.1) is 11.3 Å². The molecule has 4 rings (SSSR count). The molecule has 0 unspecified atom stereocenters. The summed E-state index contributed by atoms with van der Waals surface area (Å²) in [5, 5.41) is 0.672. The van der Waals surface area contributed by atoms with Gasteiger partial charge in [0, 0.05) is 47.6 Å². The first kappa shape index (κ1) is 20.6. The third-order valence-corrected chi connectivity index (χ3v) is 7.72. The van der Waals surface area contributed by atoms with Crippen LogP contribution >= 0.6 is 34.5 Å². The first-order valence-corrected chi connectivity index (χ1v) is 11.3. The number of halogens is 2. The number of anilines is 1. The Labute approximate surface area is 184 Å². The zero-order valence-corrected chi connectivity index (χ0v) is 19.0. The number of carbonyl (C=O) groups is 2. The molecule has 8 heteroatoms. The number of likely N-dealkylation sites (tertiary alicyclic amines) is 1. The Morgan fingerprint density at radius 3 is 2.52 bits per heavy atom. The average Bonchev–Trinajstić information content (AvgIpc) is 3.21. The number of piperidine rings is 1. The van der Waals surface area contributed by atoms with Crippen molar-refractivity contribution in [3.8, 4) is 0 Å². The smallest absolute Gasteiger partial charge is 0.273 e. The second-order valence-electron chi connectivity index (χ2n) is 8.17. The summed E-state index contributed by atoms with van der Waals surface area (Å²) in [5.74, 6) is 0.171. The quantitative estimate of drug-likeness (QED) is 0.636. The number of thiazole rings is 1. The number of fused-ring (bicyclic) bond motifs is 2. The lowest BCUT2D eigenvalue weighted by molar-refractivity contribution is -0.116. The van der Waals surface area contributed by atoms with E-state index in [0.717, 1.165) is 29.0 Å². The van der Waals surface area contributed by atoms with E-state index in [0.29, 0.717) is 34.8 Å². The SMILES string of the molecule is CC(=O)N1CC2(CCN(C(=O)c3nc(Cl)sc3C(C)C)CC2)c2cc(Cl)ccc21. The van der Waals surface area contributed by atoms with E-state index >= 15 is 0 Å². The van der Waals surface area contributed by atoms with Crippen molar-refractivity contribution in [2.45, 2.75) is 44.9 Å². The molecule has 0 atom stereocenters. The number of nitrogens with zero attached hydrogens (tertiary/aromatic N) is 3. The maximum Gasteiger partial charge on any atom is 0.273 e. The Morgan fingerprint density at radius 1 is 1.21 bits per heavy atom.